The van der Waals surface area contributed by atoms with E-state index in [4.69, 9.17) is 9.84 Å². The van der Waals surface area contributed by atoms with Gasteiger partial charge in [-0.2, -0.15) is 0 Å². The van der Waals surface area contributed by atoms with Crippen LogP contribution < -0.4 is 10.6 Å². The second-order valence-corrected chi connectivity index (χ2v) is 4.54. The van der Waals surface area contributed by atoms with Crippen LogP contribution in [0.3, 0.4) is 0 Å². The molecule has 7 heteroatoms. The number of methoxy groups -OCH3 is 1. The van der Waals surface area contributed by atoms with E-state index in [-0.39, 0.29) is 17.4 Å². The van der Waals surface area contributed by atoms with Gasteiger partial charge in [0.1, 0.15) is 5.82 Å². The molecule has 1 amide bonds. The number of carboxylic acids is 1. The molecule has 0 spiro atoms. The van der Waals surface area contributed by atoms with Crippen LogP contribution in [0.1, 0.15) is 16.8 Å². The lowest BCUT2D eigenvalue weighted by molar-refractivity contribution is -0.118. The summed E-state index contributed by atoms with van der Waals surface area (Å²) in [5.41, 5.74) is -0.228. The van der Waals surface area contributed by atoms with Crippen molar-refractivity contribution < 1.29 is 23.8 Å². The Morgan fingerprint density at radius 1 is 1.50 bits per heavy atom. The number of amides is 1. The normalized spacial score (nSPS) is 21.7. The van der Waals surface area contributed by atoms with E-state index >= 15 is 0 Å². The van der Waals surface area contributed by atoms with Crippen molar-refractivity contribution in [2.45, 2.75) is 18.6 Å². The lowest BCUT2D eigenvalue weighted by Gasteiger charge is -2.12. The highest BCUT2D eigenvalue weighted by molar-refractivity contribution is 5.97. The van der Waals surface area contributed by atoms with Gasteiger partial charge in [0.05, 0.1) is 23.4 Å². The van der Waals surface area contributed by atoms with Gasteiger partial charge in [-0.05, 0) is 24.6 Å². The van der Waals surface area contributed by atoms with E-state index in [9.17, 15) is 14.0 Å². The number of benzene rings is 1. The SMILES string of the molecule is COC1CNC(C(=O)Nc2cc(C(=O)O)ccc2F)C1. The van der Waals surface area contributed by atoms with Crippen molar-refractivity contribution in [3.63, 3.8) is 0 Å². The molecule has 108 valence electrons. The van der Waals surface area contributed by atoms with Gasteiger partial charge in [0, 0.05) is 13.7 Å². The topological polar surface area (TPSA) is 87.7 Å². The largest absolute Gasteiger partial charge is 0.478 e. The van der Waals surface area contributed by atoms with Crippen LogP contribution in [0.4, 0.5) is 10.1 Å². The third-order valence-corrected chi connectivity index (χ3v) is 3.21. The summed E-state index contributed by atoms with van der Waals surface area (Å²) in [6.45, 7) is 0.548. The molecule has 0 bridgehead atoms. The molecule has 0 radical (unpaired) electrons. The zero-order valence-electron chi connectivity index (χ0n) is 10.9. The molecule has 6 nitrogen and oxygen atoms in total. The summed E-state index contributed by atoms with van der Waals surface area (Å²) >= 11 is 0. The van der Waals surface area contributed by atoms with Crippen molar-refractivity contribution in [3.8, 4) is 0 Å². The predicted octanol–water partition coefficient (Wildman–Crippen LogP) is 0.839. The molecule has 2 rings (SSSR count). The summed E-state index contributed by atoms with van der Waals surface area (Å²) in [5.74, 6) is -2.27. The Morgan fingerprint density at radius 3 is 2.85 bits per heavy atom. The molecule has 1 fully saturated rings. The van der Waals surface area contributed by atoms with Gasteiger partial charge in [-0.25, -0.2) is 9.18 Å². The third kappa shape index (κ3) is 3.12. The first-order valence-electron chi connectivity index (χ1n) is 6.11. The molecule has 0 aliphatic carbocycles. The number of carbonyl (C=O) groups is 2. The molecule has 1 aromatic rings. The molecule has 3 N–H and O–H groups in total. The van der Waals surface area contributed by atoms with Gasteiger partial charge >= 0.3 is 5.97 Å². The number of ether oxygens (including phenoxy) is 1. The van der Waals surface area contributed by atoms with Gasteiger partial charge in [0.2, 0.25) is 5.91 Å². The summed E-state index contributed by atoms with van der Waals surface area (Å²) in [5, 5.41) is 14.2. The van der Waals surface area contributed by atoms with E-state index in [1.807, 2.05) is 0 Å². The van der Waals surface area contributed by atoms with Gasteiger partial charge in [-0.3, -0.25) is 4.79 Å². The second kappa shape index (κ2) is 5.98. The van der Waals surface area contributed by atoms with Crippen LogP contribution >= 0.6 is 0 Å². The molecule has 1 aliphatic rings. The number of aromatic carboxylic acids is 1. The number of hydrogen-bond donors (Lipinski definition) is 3. The number of hydrogen-bond acceptors (Lipinski definition) is 4. The zero-order valence-corrected chi connectivity index (χ0v) is 10.9. The fourth-order valence-corrected chi connectivity index (χ4v) is 2.06. The van der Waals surface area contributed by atoms with Crippen LogP contribution in [0.25, 0.3) is 0 Å². The molecule has 1 aliphatic heterocycles. The van der Waals surface area contributed by atoms with Crippen LogP contribution in [-0.2, 0) is 9.53 Å². The minimum absolute atomic E-state index is 0.0547. The van der Waals surface area contributed by atoms with Crippen molar-refractivity contribution >= 4 is 17.6 Å². The first-order chi connectivity index (χ1) is 9.51. The van der Waals surface area contributed by atoms with Crippen molar-refractivity contribution in [2.75, 3.05) is 19.0 Å². The van der Waals surface area contributed by atoms with E-state index in [1.165, 1.54) is 0 Å². The van der Waals surface area contributed by atoms with E-state index in [1.54, 1.807) is 7.11 Å². The van der Waals surface area contributed by atoms with Crippen LogP contribution in [-0.4, -0.2) is 42.8 Å². The summed E-state index contributed by atoms with van der Waals surface area (Å²) in [6.07, 6.45) is 0.434. The third-order valence-electron chi connectivity index (χ3n) is 3.21. The second-order valence-electron chi connectivity index (χ2n) is 4.54. The van der Waals surface area contributed by atoms with Crippen molar-refractivity contribution in [3.05, 3.63) is 29.6 Å². The van der Waals surface area contributed by atoms with Crippen molar-refractivity contribution in [2.24, 2.45) is 0 Å². The van der Waals surface area contributed by atoms with E-state index in [0.29, 0.717) is 13.0 Å². The van der Waals surface area contributed by atoms with E-state index in [2.05, 4.69) is 10.6 Å². The highest BCUT2D eigenvalue weighted by Crippen LogP contribution is 2.18. The fraction of sp³-hybridized carbons (Fsp3) is 0.385. The first-order valence-corrected chi connectivity index (χ1v) is 6.11. The molecule has 2 atom stereocenters. The Labute approximate surface area is 114 Å². The molecular weight excluding hydrogens is 267 g/mol. The van der Waals surface area contributed by atoms with Gasteiger partial charge < -0.3 is 20.5 Å². The lowest BCUT2D eigenvalue weighted by Crippen LogP contribution is -2.35. The molecule has 0 saturated carbocycles. The van der Waals surface area contributed by atoms with Crippen molar-refractivity contribution in [1.82, 2.24) is 5.32 Å². The predicted molar refractivity (Wildman–Crippen MR) is 69.2 cm³/mol. The maximum absolute atomic E-state index is 13.6. The van der Waals surface area contributed by atoms with Gasteiger partial charge in [0.15, 0.2) is 0 Å². The van der Waals surface area contributed by atoms with Crippen LogP contribution in [0, 0.1) is 5.82 Å². The Morgan fingerprint density at radius 2 is 2.25 bits per heavy atom. The summed E-state index contributed by atoms with van der Waals surface area (Å²) < 4.78 is 18.7. The van der Waals surface area contributed by atoms with E-state index in [0.717, 1.165) is 18.2 Å². The van der Waals surface area contributed by atoms with Crippen LogP contribution in [0.15, 0.2) is 18.2 Å². The number of nitrogens with one attached hydrogen (secondary N) is 2. The van der Waals surface area contributed by atoms with Crippen molar-refractivity contribution in [1.29, 1.82) is 0 Å². The Kier molecular flexibility index (Phi) is 4.31. The summed E-state index contributed by atoms with van der Waals surface area (Å²) in [7, 11) is 1.56. The molecule has 0 aromatic heterocycles. The maximum atomic E-state index is 13.6. The van der Waals surface area contributed by atoms with Gasteiger partial charge in [-0.1, -0.05) is 0 Å². The van der Waals surface area contributed by atoms with Gasteiger partial charge in [0.25, 0.3) is 0 Å². The average Bonchev–Trinajstić information content (AvgIpc) is 2.89. The quantitative estimate of drug-likeness (QED) is 0.761. The zero-order chi connectivity index (χ0) is 14.7. The average molecular weight is 282 g/mol. The number of carbonyl (C=O) groups excluding carboxylic acids is 1. The van der Waals surface area contributed by atoms with Gasteiger partial charge in [-0.15, -0.1) is 0 Å². The number of anilines is 1. The molecule has 1 heterocycles. The fourth-order valence-electron chi connectivity index (χ4n) is 2.06. The smallest absolute Gasteiger partial charge is 0.335 e. The number of rotatable bonds is 4. The maximum Gasteiger partial charge on any atom is 0.335 e. The first kappa shape index (κ1) is 14.4. The summed E-state index contributed by atoms with van der Waals surface area (Å²) in [4.78, 5) is 22.8. The Bertz CT molecular complexity index is 535. The minimum atomic E-state index is -1.18. The highest BCUT2D eigenvalue weighted by atomic mass is 19.1. The Hall–Kier alpha value is -1.99. The summed E-state index contributed by atoms with van der Waals surface area (Å²) in [6, 6.07) is 2.77. The monoisotopic (exact) mass is 282 g/mol. The standard InChI is InChI=1S/C13H15FN2O4/c1-20-8-5-11(15-6-8)12(17)16-10-4-7(13(18)19)2-3-9(10)14/h2-4,8,11,15H,5-6H2,1H3,(H,16,17)(H,18,19). The molecular formula is C13H15FN2O4. The number of carboxylic acid groups (broad SMARTS) is 1. The lowest BCUT2D eigenvalue weighted by atomic mass is 10.1. The van der Waals surface area contributed by atoms with Crippen LogP contribution in [0.5, 0.6) is 0 Å². The van der Waals surface area contributed by atoms with Crippen LogP contribution in [0.2, 0.25) is 0 Å². The molecule has 1 aromatic carbocycles. The molecule has 1 saturated heterocycles. The Balaban J connectivity index is 2.08. The molecule has 20 heavy (non-hydrogen) atoms. The minimum Gasteiger partial charge on any atom is -0.478 e. The highest BCUT2D eigenvalue weighted by Gasteiger charge is 2.29. The number of halogens is 1. The van der Waals surface area contributed by atoms with E-state index < -0.39 is 23.7 Å². The molecule has 2 unspecified atom stereocenters.